The van der Waals surface area contributed by atoms with Crippen LogP contribution in [-0.4, -0.2) is 22.3 Å². The summed E-state index contributed by atoms with van der Waals surface area (Å²) >= 11 is 0. The summed E-state index contributed by atoms with van der Waals surface area (Å²) in [5.41, 5.74) is 5.54. The number of carbonyl (C=O) groups excluding carboxylic acids is 1. The molecule has 0 aliphatic carbocycles. The summed E-state index contributed by atoms with van der Waals surface area (Å²) in [6.45, 7) is 1.43. The lowest BCUT2D eigenvalue weighted by atomic mass is 10.3. The van der Waals surface area contributed by atoms with Gasteiger partial charge in [0.15, 0.2) is 0 Å². The number of aromatic nitrogens is 2. The second-order valence-electron chi connectivity index (χ2n) is 3.01. The first kappa shape index (κ1) is 8.10. The molecule has 0 radical (unpaired) electrons. The van der Waals surface area contributed by atoms with Crippen molar-refractivity contribution in [3.63, 3.8) is 0 Å². The van der Waals surface area contributed by atoms with Crippen molar-refractivity contribution in [3.05, 3.63) is 11.8 Å². The van der Waals surface area contributed by atoms with E-state index in [4.69, 9.17) is 10.5 Å². The fourth-order valence-corrected chi connectivity index (χ4v) is 1.39. The van der Waals surface area contributed by atoms with Gasteiger partial charge in [-0.3, -0.25) is 4.79 Å². The molecule has 0 aromatic carbocycles. The Labute approximate surface area is 75.5 Å². The van der Waals surface area contributed by atoms with Crippen LogP contribution in [0.25, 0.3) is 0 Å². The van der Waals surface area contributed by atoms with E-state index in [1.165, 1.54) is 6.20 Å². The maximum absolute atomic E-state index is 10.9. The Hall–Kier alpha value is -1.52. The molecule has 0 atom stereocenters. The van der Waals surface area contributed by atoms with Crippen LogP contribution in [0.4, 0.5) is 0 Å². The largest absolute Gasteiger partial charge is 0.477 e. The average Bonchev–Trinajstić information content (AvgIpc) is 2.36. The smallest absolute Gasteiger partial charge is 0.255 e. The zero-order valence-corrected chi connectivity index (χ0v) is 7.19. The van der Waals surface area contributed by atoms with Crippen molar-refractivity contribution in [2.75, 3.05) is 6.61 Å². The van der Waals surface area contributed by atoms with Gasteiger partial charge >= 0.3 is 0 Å². The van der Waals surface area contributed by atoms with Crippen molar-refractivity contribution in [2.45, 2.75) is 19.4 Å². The summed E-state index contributed by atoms with van der Waals surface area (Å²) in [7, 11) is 0. The van der Waals surface area contributed by atoms with Gasteiger partial charge in [0.2, 0.25) is 5.88 Å². The zero-order chi connectivity index (χ0) is 9.26. The molecule has 13 heavy (non-hydrogen) atoms. The summed E-state index contributed by atoms with van der Waals surface area (Å²) in [6, 6.07) is 0. The van der Waals surface area contributed by atoms with Crippen LogP contribution in [0.15, 0.2) is 6.20 Å². The molecular weight excluding hydrogens is 170 g/mol. The number of primary amides is 1. The quantitative estimate of drug-likeness (QED) is 0.670. The fraction of sp³-hybridized carbons (Fsp3) is 0.500. The molecule has 1 aliphatic rings. The minimum absolute atomic E-state index is 0.377. The van der Waals surface area contributed by atoms with Crippen molar-refractivity contribution in [3.8, 4) is 5.88 Å². The normalized spacial score (nSPS) is 15.7. The molecule has 0 fully saturated rings. The molecule has 1 aromatic rings. The van der Waals surface area contributed by atoms with E-state index in [2.05, 4.69) is 5.10 Å². The van der Waals surface area contributed by atoms with Crippen molar-refractivity contribution < 1.29 is 9.53 Å². The fourth-order valence-electron chi connectivity index (χ4n) is 1.39. The van der Waals surface area contributed by atoms with Crippen LogP contribution in [0.1, 0.15) is 23.2 Å². The van der Waals surface area contributed by atoms with Gasteiger partial charge < -0.3 is 10.5 Å². The summed E-state index contributed by atoms with van der Waals surface area (Å²) < 4.78 is 7.07. The molecule has 2 rings (SSSR count). The van der Waals surface area contributed by atoms with Gasteiger partial charge in [0.25, 0.3) is 5.91 Å². The molecular formula is C8H11N3O2. The van der Waals surface area contributed by atoms with Gasteiger partial charge in [0.05, 0.1) is 12.8 Å². The predicted octanol–water partition coefficient (Wildman–Crippen LogP) is 0.155. The van der Waals surface area contributed by atoms with E-state index in [1.807, 2.05) is 0 Å². The third kappa shape index (κ3) is 1.37. The topological polar surface area (TPSA) is 70.1 Å². The molecule has 2 heterocycles. The van der Waals surface area contributed by atoms with E-state index >= 15 is 0 Å². The van der Waals surface area contributed by atoms with Gasteiger partial charge in [-0.2, -0.15) is 5.10 Å². The van der Waals surface area contributed by atoms with Gasteiger partial charge in [0, 0.05) is 6.54 Å². The van der Waals surface area contributed by atoms with Crippen LogP contribution in [0.2, 0.25) is 0 Å². The molecule has 0 saturated heterocycles. The lowest BCUT2D eigenvalue weighted by Crippen LogP contribution is -2.12. The number of nitrogens with two attached hydrogens (primary N) is 1. The summed E-state index contributed by atoms with van der Waals surface area (Å²) in [6.07, 6.45) is 3.47. The van der Waals surface area contributed by atoms with Crippen molar-refractivity contribution in [1.82, 2.24) is 9.78 Å². The van der Waals surface area contributed by atoms with Crippen LogP contribution in [0.3, 0.4) is 0 Å². The summed E-state index contributed by atoms with van der Waals surface area (Å²) in [4.78, 5) is 10.9. The third-order valence-corrected chi connectivity index (χ3v) is 2.06. The SMILES string of the molecule is NC(=O)c1cnn2c1OCCCC2. The molecule has 2 N–H and O–H groups in total. The number of fused-ring (bicyclic) bond motifs is 1. The molecule has 0 unspecified atom stereocenters. The third-order valence-electron chi connectivity index (χ3n) is 2.06. The Kier molecular flexibility index (Phi) is 1.92. The highest BCUT2D eigenvalue weighted by Crippen LogP contribution is 2.20. The van der Waals surface area contributed by atoms with E-state index in [-0.39, 0.29) is 0 Å². The number of ether oxygens (including phenoxy) is 1. The second kappa shape index (κ2) is 3.08. The number of hydrogen-bond donors (Lipinski definition) is 1. The zero-order valence-electron chi connectivity index (χ0n) is 7.19. The minimum atomic E-state index is -0.483. The lowest BCUT2D eigenvalue weighted by molar-refractivity contribution is 0.0996. The molecule has 70 valence electrons. The first-order chi connectivity index (χ1) is 6.29. The monoisotopic (exact) mass is 181 g/mol. The number of aryl methyl sites for hydroxylation is 1. The van der Waals surface area contributed by atoms with E-state index in [0.29, 0.717) is 18.1 Å². The highest BCUT2D eigenvalue weighted by Gasteiger charge is 2.18. The van der Waals surface area contributed by atoms with Crippen LogP contribution in [0, 0.1) is 0 Å². The van der Waals surface area contributed by atoms with Gasteiger partial charge in [-0.25, -0.2) is 4.68 Å². The minimum Gasteiger partial charge on any atom is -0.477 e. The number of nitrogens with zero attached hydrogens (tertiary/aromatic N) is 2. The van der Waals surface area contributed by atoms with Gasteiger partial charge in [-0.15, -0.1) is 0 Å². The van der Waals surface area contributed by atoms with E-state index in [1.54, 1.807) is 4.68 Å². The van der Waals surface area contributed by atoms with Crippen molar-refractivity contribution >= 4 is 5.91 Å². The van der Waals surface area contributed by atoms with Crippen molar-refractivity contribution in [1.29, 1.82) is 0 Å². The van der Waals surface area contributed by atoms with Crippen LogP contribution >= 0.6 is 0 Å². The Bertz CT molecular complexity index is 332. The first-order valence-corrected chi connectivity index (χ1v) is 4.27. The Morgan fingerprint density at radius 3 is 3.23 bits per heavy atom. The van der Waals surface area contributed by atoms with E-state index in [0.717, 1.165) is 19.4 Å². The maximum atomic E-state index is 10.9. The molecule has 5 heteroatoms. The summed E-state index contributed by atoms with van der Waals surface area (Å²) in [5, 5.41) is 4.03. The lowest BCUT2D eigenvalue weighted by Gasteiger charge is -2.03. The molecule has 1 amide bonds. The average molecular weight is 181 g/mol. The number of hydrogen-bond acceptors (Lipinski definition) is 3. The Balaban J connectivity index is 2.39. The van der Waals surface area contributed by atoms with Gasteiger partial charge in [-0.1, -0.05) is 0 Å². The van der Waals surface area contributed by atoms with Gasteiger partial charge in [-0.05, 0) is 12.8 Å². The van der Waals surface area contributed by atoms with E-state index in [9.17, 15) is 4.79 Å². The molecule has 0 spiro atoms. The number of carbonyl (C=O) groups is 1. The highest BCUT2D eigenvalue weighted by atomic mass is 16.5. The number of rotatable bonds is 1. The van der Waals surface area contributed by atoms with Gasteiger partial charge in [0.1, 0.15) is 5.56 Å². The molecule has 5 nitrogen and oxygen atoms in total. The van der Waals surface area contributed by atoms with Crippen molar-refractivity contribution in [2.24, 2.45) is 5.73 Å². The Morgan fingerprint density at radius 1 is 1.62 bits per heavy atom. The van der Waals surface area contributed by atoms with Crippen LogP contribution < -0.4 is 10.5 Å². The van der Waals surface area contributed by atoms with E-state index < -0.39 is 5.91 Å². The predicted molar refractivity (Wildman–Crippen MR) is 45.5 cm³/mol. The van der Waals surface area contributed by atoms with Crippen LogP contribution in [0.5, 0.6) is 5.88 Å². The summed E-state index contributed by atoms with van der Waals surface area (Å²) in [5.74, 6) is 0.0353. The Morgan fingerprint density at radius 2 is 2.46 bits per heavy atom. The maximum Gasteiger partial charge on any atom is 0.255 e. The molecule has 1 aliphatic heterocycles. The first-order valence-electron chi connectivity index (χ1n) is 4.27. The molecule has 0 saturated carbocycles. The standard InChI is InChI=1S/C8H11N3O2/c9-7(12)6-5-10-11-3-1-2-4-13-8(6)11/h5H,1-4H2,(H2,9,12). The molecule has 1 aromatic heterocycles. The highest BCUT2D eigenvalue weighted by molar-refractivity contribution is 5.94. The number of amides is 1. The molecule has 0 bridgehead atoms. The second-order valence-corrected chi connectivity index (χ2v) is 3.01. The van der Waals surface area contributed by atoms with Crippen LogP contribution in [-0.2, 0) is 6.54 Å².